The van der Waals surface area contributed by atoms with E-state index < -0.39 is 11.0 Å². The Bertz CT molecular complexity index is 1160. The van der Waals surface area contributed by atoms with Gasteiger partial charge in [-0.1, -0.05) is 52.1 Å². The number of anilines is 2. The third kappa shape index (κ3) is 6.19. The molecule has 1 aliphatic rings. The molecular formula is C24H34ClN5O2S. The van der Waals surface area contributed by atoms with Crippen LogP contribution in [0.1, 0.15) is 65.0 Å². The number of hydrogen-bond acceptors (Lipinski definition) is 5. The fourth-order valence-electron chi connectivity index (χ4n) is 3.78. The van der Waals surface area contributed by atoms with E-state index in [-0.39, 0.29) is 16.6 Å². The van der Waals surface area contributed by atoms with Gasteiger partial charge in [0.05, 0.1) is 4.90 Å². The second-order valence-electron chi connectivity index (χ2n) is 7.15. The molecule has 3 aromatic rings. The van der Waals surface area contributed by atoms with E-state index in [1.54, 1.807) is 29.9 Å². The number of halogens is 1. The molecule has 0 amide bonds. The highest BCUT2D eigenvalue weighted by Gasteiger charge is 2.22. The van der Waals surface area contributed by atoms with E-state index in [9.17, 15) is 9.00 Å². The van der Waals surface area contributed by atoms with Gasteiger partial charge in [0.1, 0.15) is 21.7 Å². The zero-order chi connectivity index (χ0) is 24.5. The van der Waals surface area contributed by atoms with Gasteiger partial charge in [0.25, 0.3) is 5.56 Å². The van der Waals surface area contributed by atoms with Crippen LogP contribution in [0.5, 0.6) is 0 Å². The molecule has 2 aromatic heterocycles. The average molecular weight is 492 g/mol. The predicted octanol–water partition coefficient (Wildman–Crippen LogP) is 5.91. The standard InChI is InChI=1S/C20H22ClN5O2S.2C2H6/c1-12-9-15(29(28)22-2)7-8-17(12)24-20-23-11-13-10-16(21)19(27)26(18(13)25-20)14-5-3-4-6-14;2*1-2/h7-11,14,22H,3-6H2,1-2H3,(H,23,24,25);2*1-2H3. The summed E-state index contributed by atoms with van der Waals surface area (Å²) in [4.78, 5) is 22.5. The number of benzene rings is 1. The first-order chi connectivity index (χ1) is 16.0. The lowest BCUT2D eigenvalue weighted by atomic mass is 10.2. The summed E-state index contributed by atoms with van der Waals surface area (Å²) in [7, 11) is 0.406. The first kappa shape index (κ1) is 27.0. The number of pyridine rings is 1. The molecule has 9 heteroatoms. The van der Waals surface area contributed by atoms with Crippen molar-refractivity contribution < 1.29 is 4.21 Å². The molecule has 1 aliphatic carbocycles. The lowest BCUT2D eigenvalue weighted by molar-refractivity contribution is 0.516. The van der Waals surface area contributed by atoms with Crippen LogP contribution in [-0.4, -0.2) is 25.8 Å². The molecule has 2 N–H and O–H groups in total. The average Bonchev–Trinajstić information content (AvgIpc) is 3.38. The van der Waals surface area contributed by atoms with Gasteiger partial charge in [-0.15, -0.1) is 0 Å². The van der Waals surface area contributed by atoms with Crippen molar-refractivity contribution in [3.63, 3.8) is 0 Å². The smallest absolute Gasteiger partial charge is 0.271 e. The molecule has 0 saturated heterocycles. The van der Waals surface area contributed by atoms with Crippen LogP contribution in [0.2, 0.25) is 5.02 Å². The van der Waals surface area contributed by atoms with Gasteiger partial charge in [-0.3, -0.25) is 9.36 Å². The summed E-state index contributed by atoms with van der Waals surface area (Å²) in [6, 6.07) is 7.23. The van der Waals surface area contributed by atoms with E-state index >= 15 is 0 Å². The quantitative estimate of drug-likeness (QED) is 0.463. The molecule has 180 valence electrons. The lowest BCUT2D eigenvalue weighted by Crippen LogP contribution is -2.25. The molecule has 1 aromatic carbocycles. The minimum Gasteiger partial charge on any atom is -0.324 e. The van der Waals surface area contributed by atoms with E-state index in [0.29, 0.717) is 16.5 Å². The highest BCUT2D eigenvalue weighted by Crippen LogP contribution is 2.31. The highest BCUT2D eigenvalue weighted by molar-refractivity contribution is 7.83. The maximum atomic E-state index is 12.7. The zero-order valence-electron chi connectivity index (χ0n) is 20.2. The summed E-state index contributed by atoms with van der Waals surface area (Å²) >= 11 is 6.18. The van der Waals surface area contributed by atoms with Gasteiger partial charge in [0, 0.05) is 23.3 Å². The van der Waals surface area contributed by atoms with Crippen LogP contribution in [0.3, 0.4) is 0 Å². The van der Waals surface area contributed by atoms with Crippen molar-refractivity contribution in [2.24, 2.45) is 0 Å². The number of aryl methyl sites for hydroxylation is 1. The third-order valence-electron chi connectivity index (χ3n) is 5.26. The number of hydrogen-bond donors (Lipinski definition) is 2. The fourth-order valence-corrected chi connectivity index (χ4v) is 4.70. The Balaban J connectivity index is 0.000000914. The molecule has 0 bridgehead atoms. The molecule has 1 unspecified atom stereocenters. The zero-order valence-corrected chi connectivity index (χ0v) is 21.8. The number of rotatable bonds is 5. The van der Waals surface area contributed by atoms with Crippen molar-refractivity contribution in [3.05, 3.63) is 51.4 Å². The Hall–Kier alpha value is -2.29. The van der Waals surface area contributed by atoms with Crippen molar-refractivity contribution in [2.75, 3.05) is 12.4 Å². The van der Waals surface area contributed by atoms with E-state index in [4.69, 9.17) is 11.6 Å². The van der Waals surface area contributed by atoms with Crippen molar-refractivity contribution in [3.8, 4) is 0 Å². The topological polar surface area (TPSA) is 88.9 Å². The fraction of sp³-hybridized carbons (Fsp3) is 0.458. The molecule has 0 aliphatic heterocycles. The molecule has 0 radical (unpaired) electrons. The maximum Gasteiger partial charge on any atom is 0.271 e. The van der Waals surface area contributed by atoms with E-state index in [0.717, 1.165) is 42.3 Å². The maximum absolute atomic E-state index is 12.7. The van der Waals surface area contributed by atoms with Crippen molar-refractivity contribution in [1.29, 1.82) is 0 Å². The summed E-state index contributed by atoms with van der Waals surface area (Å²) in [6.45, 7) is 9.92. The first-order valence-corrected chi connectivity index (χ1v) is 13.1. The number of fused-ring (bicyclic) bond motifs is 1. The molecule has 1 fully saturated rings. The van der Waals surface area contributed by atoms with Crippen LogP contribution in [0.15, 0.2) is 40.2 Å². The second-order valence-corrected chi connectivity index (χ2v) is 8.98. The Morgan fingerprint density at radius 1 is 1.12 bits per heavy atom. The normalized spacial score (nSPS) is 14.2. The predicted molar refractivity (Wildman–Crippen MR) is 139 cm³/mol. The van der Waals surface area contributed by atoms with Crippen LogP contribution in [0, 0.1) is 6.92 Å². The molecule has 0 spiro atoms. The van der Waals surface area contributed by atoms with Gasteiger partial charge in [0.2, 0.25) is 5.95 Å². The van der Waals surface area contributed by atoms with Crippen LogP contribution in [0.25, 0.3) is 11.0 Å². The summed E-state index contributed by atoms with van der Waals surface area (Å²) in [5, 5.41) is 4.14. The lowest BCUT2D eigenvalue weighted by Gasteiger charge is -2.17. The molecule has 33 heavy (non-hydrogen) atoms. The van der Waals surface area contributed by atoms with Crippen LogP contribution < -0.4 is 15.6 Å². The van der Waals surface area contributed by atoms with E-state index in [1.165, 1.54) is 0 Å². The molecule has 7 nitrogen and oxygen atoms in total. The minimum absolute atomic E-state index is 0.115. The van der Waals surface area contributed by atoms with E-state index in [1.807, 2.05) is 46.8 Å². The van der Waals surface area contributed by atoms with Crippen LogP contribution in [0.4, 0.5) is 11.6 Å². The molecule has 4 rings (SSSR count). The molecular weight excluding hydrogens is 458 g/mol. The molecule has 2 heterocycles. The van der Waals surface area contributed by atoms with Crippen LogP contribution in [-0.2, 0) is 11.0 Å². The Labute approximate surface area is 203 Å². The van der Waals surface area contributed by atoms with E-state index in [2.05, 4.69) is 20.0 Å². The van der Waals surface area contributed by atoms with Crippen LogP contribution >= 0.6 is 11.6 Å². The summed E-state index contributed by atoms with van der Waals surface area (Å²) in [5.41, 5.74) is 2.11. The Morgan fingerprint density at radius 3 is 2.39 bits per heavy atom. The third-order valence-corrected chi connectivity index (χ3v) is 6.59. The van der Waals surface area contributed by atoms with Gasteiger partial charge < -0.3 is 5.32 Å². The SMILES string of the molecule is CC.CC.CNS(=O)c1ccc(Nc2ncc3cc(Cl)c(=O)n(C4CCCC4)c3n2)c(C)c1. The van der Waals surface area contributed by atoms with Gasteiger partial charge in [-0.05, 0) is 56.6 Å². The van der Waals surface area contributed by atoms with Gasteiger partial charge >= 0.3 is 0 Å². The number of nitrogens with one attached hydrogen (secondary N) is 2. The molecule has 1 saturated carbocycles. The highest BCUT2D eigenvalue weighted by atomic mass is 35.5. The van der Waals surface area contributed by atoms with Crippen molar-refractivity contribution >= 4 is 45.3 Å². The summed E-state index contributed by atoms with van der Waals surface area (Å²) in [5.74, 6) is 0.400. The Kier molecular flexibility index (Phi) is 10.5. The largest absolute Gasteiger partial charge is 0.324 e. The first-order valence-electron chi connectivity index (χ1n) is 11.5. The number of nitrogens with zero attached hydrogens (tertiary/aromatic N) is 3. The minimum atomic E-state index is -1.24. The van der Waals surface area contributed by atoms with Gasteiger partial charge in [-0.25, -0.2) is 13.9 Å². The van der Waals surface area contributed by atoms with Gasteiger partial charge in [0.15, 0.2) is 0 Å². The Morgan fingerprint density at radius 2 is 1.79 bits per heavy atom. The summed E-state index contributed by atoms with van der Waals surface area (Å²) < 4.78 is 16.4. The number of aromatic nitrogens is 3. The monoisotopic (exact) mass is 491 g/mol. The van der Waals surface area contributed by atoms with Gasteiger partial charge in [-0.2, -0.15) is 4.98 Å². The summed E-state index contributed by atoms with van der Waals surface area (Å²) in [6.07, 6.45) is 5.78. The van der Waals surface area contributed by atoms with Crippen molar-refractivity contribution in [1.82, 2.24) is 19.3 Å². The van der Waals surface area contributed by atoms with Crippen molar-refractivity contribution in [2.45, 2.75) is 71.2 Å². The second kappa shape index (κ2) is 12.8. The molecule has 1 atom stereocenters.